The van der Waals surface area contributed by atoms with Gasteiger partial charge < -0.3 is 15.7 Å². The molecule has 0 bridgehead atoms. The highest BCUT2D eigenvalue weighted by atomic mass is 32.2. The number of hydrogen-bond donors (Lipinski definition) is 3. The third-order valence-corrected chi connectivity index (χ3v) is 10.8. The average molecular weight is 711 g/mol. The van der Waals surface area contributed by atoms with Crippen molar-refractivity contribution >= 4 is 76.7 Å². The summed E-state index contributed by atoms with van der Waals surface area (Å²) < 4.78 is 1.45. The van der Waals surface area contributed by atoms with Crippen molar-refractivity contribution in [1.29, 1.82) is 0 Å². The number of thioether (sulfide) groups is 2. The summed E-state index contributed by atoms with van der Waals surface area (Å²) in [4.78, 5) is 80.3. The van der Waals surface area contributed by atoms with Gasteiger partial charge in [-0.05, 0) is 33.0 Å². The number of thiophene rings is 1. The molecule has 20 heteroatoms. The molecule has 0 aliphatic carbocycles. The van der Waals surface area contributed by atoms with Crippen LogP contribution in [0.1, 0.15) is 16.5 Å². The summed E-state index contributed by atoms with van der Waals surface area (Å²) in [7, 11) is 1.65. The molecular weight excluding hydrogens is 685 g/mol. The molecule has 2 saturated heterocycles. The Kier molecular flexibility index (Phi) is 9.55. The number of fused-ring (bicyclic) bond motifs is 1. The number of aryl methyl sites for hydroxylation is 1. The van der Waals surface area contributed by atoms with Gasteiger partial charge in [0.25, 0.3) is 5.91 Å². The maximum absolute atomic E-state index is 13.6. The Bertz CT molecular complexity index is 1830. The van der Waals surface area contributed by atoms with Crippen LogP contribution >= 0.6 is 34.9 Å². The Morgan fingerprint density at radius 2 is 1.92 bits per heavy atom. The number of carboxylic acids is 1. The van der Waals surface area contributed by atoms with Crippen molar-refractivity contribution in [2.24, 2.45) is 12.1 Å². The number of amides is 6. The lowest BCUT2D eigenvalue weighted by atomic mass is 10.0. The van der Waals surface area contributed by atoms with Crippen molar-refractivity contribution in [3.63, 3.8) is 0 Å². The van der Waals surface area contributed by atoms with Crippen LogP contribution in [0.15, 0.2) is 69.4 Å². The van der Waals surface area contributed by atoms with E-state index in [-0.39, 0.29) is 30.3 Å². The first-order valence-electron chi connectivity index (χ1n) is 14.3. The first kappa shape index (κ1) is 32.8. The first-order chi connectivity index (χ1) is 23.1. The maximum Gasteiger partial charge on any atom is 0.352 e. The number of β-lactam (4-membered cyclic amide) rings is 1. The van der Waals surface area contributed by atoms with Crippen molar-refractivity contribution in [1.82, 2.24) is 45.6 Å². The smallest absolute Gasteiger partial charge is 0.352 e. The standard InChI is InChI=1S/C28H26N10O7S3/c1-35-28(32-33-34-35)48-14-16-13-47-25-19(22(40)38(25)20(16)26(43)44)30-21(39)18(17-8-5-11-46-17)31-27(45)36-9-10-37(24(42)23(36)41)29-12-15-6-3-2-4-7-15/h2-8,11-12,18-19,25H,9-10,13-14H2,1H3,(H,30,39)(H,31,45)(H,43,44)/t18?,19-,25?/m1/s1. The zero-order valence-electron chi connectivity index (χ0n) is 25.0. The van der Waals surface area contributed by atoms with E-state index in [1.54, 1.807) is 48.8 Å². The van der Waals surface area contributed by atoms with Gasteiger partial charge in [-0.3, -0.25) is 29.0 Å². The molecule has 17 nitrogen and oxygen atoms in total. The van der Waals surface area contributed by atoms with Gasteiger partial charge in [0.1, 0.15) is 23.2 Å². The van der Waals surface area contributed by atoms with Crippen LogP contribution in [0.5, 0.6) is 0 Å². The fourth-order valence-electron chi connectivity index (χ4n) is 5.05. The number of carboxylic acid groups (broad SMARTS) is 1. The van der Waals surface area contributed by atoms with Crippen LogP contribution < -0.4 is 10.6 Å². The van der Waals surface area contributed by atoms with Gasteiger partial charge in [0, 0.05) is 23.4 Å². The number of hydrogen-bond acceptors (Lipinski definition) is 13. The Morgan fingerprint density at radius 1 is 1.12 bits per heavy atom. The van der Waals surface area contributed by atoms with E-state index in [9.17, 15) is 33.9 Å². The Morgan fingerprint density at radius 3 is 2.60 bits per heavy atom. The van der Waals surface area contributed by atoms with E-state index >= 15 is 0 Å². The van der Waals surface area contributed by atoms with Crippen molar-refractivity contribution in [3.8, 4) is 0 Å². The van der Waals surface area contributed by atoms with Crippen LogP contribution in [0.4, 0.5) is 4.79 Å². The number of urea groups is 1. The third-order valence-electron chi connectivity index (χ3n) is 7.45. The molecule has 3 N–H and O–H groups in total. The quantitative estimate of drug-likeness (QED) is 0.112. The van der Waals surface area contributed by atoms with E-state index in [1.807, 2.05) is 6.07 Å². The number of benzene rings is 1. The summed E-state index contributed by atoms with van der Waals surface area (Å²) in [5.74, 6) is -4.25. The number of aromatic nitrogens is 4. The fraction of sp³-hybridized carbons (Fsp3) is 0.286. The number of piperazine rings is 1. The number of carbonyl (C=O) groups excluding carboxylic acids is 5. The van der Waals surface area contributed by atoms with Crippen LogP contribution in [0, 0.1) is 0 Å². The SMILES string of the molecule is Cn1nnnc1SCC1=C(C(=O)O)N2C(=O)[C@@H](NC(=O)C(NC(=O)N3CCN(N=Cc4ccccc4)C(=O)C3=O)c3cccs3)C2SC1. The number of aliphatic carboxylic acids is 1. The summed E-state index contributed by atoms with van der Waals surface area (Å²) in [6.45, 7) is -0.230. The van der Waals surface area contributed by atoms with Crippen LogP contribution in [-0.4, -0.2) is 118 Å². The van der Waals surface area contributed by atoms with Crippen molar-refractivity contribution in [2.75, 3.05) is 24.6 Å². The minimum atomic E-state index is -1.31. The van der Waals surface area contributed by atoms with Crippen molar-refractivity contribution in [2.45, 2.75) is 22.6 Å². The maximum atomic E-state index is 13.6. The molecule has 1 aromatic carbocycles. The number of hydrazone groups is 1. The van der Waals surface area contributed by atoms with Crippen molar-refractivity contribution < 1.29 is 33.9 Å². The molecule has 0 spiro atoms. The van der Waals surface area contributed by atoms with Gasteiger partial charge >= 0.3 is 23.8 Å². The molecule has 2 fully saturated rings. The largest absolute Gasteiger partial charge is 0.477 e. The van der Waals surface area contributed by atoms with Gasteiger partial charge in [-0.2, -0.15) is 5.10 Å². The zero-order valence-corrected chi connectivity index (χ0v) is 27.4. The monoisotopic (exact) mass is 710 g/mol. The zero-order chi connectivity index (χ0) is 33.9. The van der Waals surface area contributed by atoms with Gasteiger partial charge in [0.05, 0.1) is 19.3 Å². The highest BCUT2D eigenvalue weighted by Gasteiger charge is 2.54. The minimum absolute atomic E-state index is 0.0576. The summed E-state index contributed by atoms with van der Waals surface area (Å²) in [5, 5.41) is 32.9. The molecule has 2 aromatic heterocycles. The predicted octanol–water partition coefficient (Wildman–Crippen LogP) is 0.258. The minimum Gasteiger partial charge on any atom is -0.477 e. The molecule has 3 atom stereocenters. The molecule has 6 rings (SSSR count). The Hall–Kier alpha value is -5.08. The van der Waals surface area contributed by atoms with Crippen LogP contribution in [0.2, 0.25) is 0 Å². The second-order valence-electron chi connectivity index (χ2n) is 10.5. The normalized spacial score (nSPS) is 20.1. The molecule has 0 saturated carbocycles. The second kappa shape index (κ2) is 14.0. The number of carbonyl (C=O) groups is 6. The summed E-state index contributed by atoms with van der Waals surface area (Å²) in [5.41, 5.74) is 1.06. The topological polar surface area (TPSA) is 212 Å². The van der Waals surface area contributed by atoms with Gasteiger partial charge in [0.2, 0.25) is 11.1 Å². The first-order valence-corrected chi connectivity index (χ1v) is 17.2. The third kappa shape index (κ3) is 6.53. The highest BCUT2D eigenvalue weighted by molar-refractivity contribution is 8.01. The highest BCUT2D eigenvalue weighted by Crippen LogP contribution is 2.41. The molecule has 5 heterocycles. The van der Waals surface area contributed by atoms with Gasteiger partial charge in [-0.1, -0.05) is 48.2 Å². The molecular formula is C28H26N10O7S3. The Balaban J connectivity index is 1.11. The second-order valence-corrected chi connectivity index (χ2v) is 13.5. The number of tetrazole rings is 1. The summed E-state index contributed by atoms with van der Waals surface area (Å²) >= 11 is 3.69. The molecule has 3 aliphatic heterocycles. The molecule has 248 valence electrons. The van der Waals surface area contributed by atoms with Gasteiger partial charge in [-0.25, -0.2) is 19.3 Å². The van der Waals surface area contributed by atoms with Crippen molar-refractivity contribution in [3.05, 3.63) is 69.6 Å². The lowest BCUT2D eigenvalue weighted by Crippen LogP contribution is -2.71. The number of rotatable bonds is 10. The van der Waals surface area contributed by atoms with E-state index in [0.29, 0.717) is 26.1 Å². The average Bonchev–Trinajstić information content (AvgIpc) is 3.77. The Labute approximate surface area is 284 Å². The van der Waals surface area contributed by atoms with E-state index in [0.717, 1.165) is 21.2 Å². The number of nitrogens with one attached hydrogen (secondary N) is 2. The number of nitrogens with zero attached hydrogens (tertiary/aromatic N) is 8. The van der Waals surface area contributed by atoms with Gasteiger partial charge in [0.15, 0.2) is 0 Å². The van der Waals surface area contributed by atoms with Crippen LogP contribution in [0.25, 0.3) is 0 Å². The van der Waals surface area contributed by atoms with Gasteiger partial charge in [-0.15, -0.1) is 28.2 Å². The van der Waals surface area contributed by atoms with E-state index < -0.39 is 53.1 Å². The lowest BCUT2D eigenvalue weighted by molar-refractivity contribution is -0.153. The molecule has 2 unspecified atom stereocenters. The number of imide groups is 1. The lowest BCUT2D eigenvalue weighted by Gasteiger charge is -2.49. The van der Waals surface area contributed by atoms with Crippen LogP contribution in [0.3, 0.4) is 0 Å². The molecule has 0 radical (unpaired) electrons. The molecule has 3 aliphatic rings. The molecule has 3 aromatic rings. The predicted molar refractivity (Wildman–Crippen MR) is 172 cm³/mol. The molecule has 48 heavy (non-hydrogen) atoms. The molecule has 6 amide bonds. The summed E-state index contributed by atoms with van der Waals surface area (Å²) in [6, 6.07) is 8.88. The van der Waals surface area contributed by atoms with E-state index in [1.165, 1.54) is 34.4 Å². The van der Waals surface area contributed by atoms with Crippen LogP contribution in [-0.2, 0) is 31.0 Å². The fourth-order valence-corrected chi connectivity index (χ4v) is 8.16. The van der Waals surface area contributed by atoms with E-state index in [4.69, 9.17) is 0 Å². The van der Waals surface area contributed by atoms with E-state index in [2.05, 4.69) is 31.3 Å². The summed E-state index contributed by atoms with van der Waals surface area (Å²) in [6.07, 6.45) is 1.43.